The monoisotopic (exact) mass is 495 g/mol. The highest BCUT2D eigenvalue weighted by Crippen LogP contribution is 2.36. The topological polar surface area (TPSA) is 81.2 Å². The van der Waals surface area contributed by atoms with E-state index in [2.05, 4.69) is 41.8 Å². The van der Waals surface area contributed by atoms with Crippen molar-refractivity contribution in [3.8, 4) is 17.2 Å². The maximum Gasteiger partial charge on any atom is 0.339 e. The number of nitrogens with zero attached hydrogens (tertiary/aromatic N) is 1. The highest BCUT2D eigenvalue weighted by atomic mass is 35.5. The molecule has 0 saturated carbocycles. The van der Waals surface area contributed by atoms with Crippen LogP contribution in [0.25, 0.3) is 0 Å². The van der Waals surface area contributed by atoms with Crippen LogP contribution in [0.1, 0.15) is 37.3 Å². The number of anilines is 1. The summed E-state index contributed by atoms with van der Waals surface area (Å²) in [5.74, 6) is 2.17. The van der Waals surface area contributed by atoms with Crippen molar-refractivity contribution in [1.29, 1.82) is 0 Å². The summed E-state index contributed by atoms with van der Waals surface area (Å²) < 4.78 is 17.0. The number of methoxy groups -OCH3 is 1. The Bertz CT molecular complexity index is 1120. The molecule has 1 atom stereocenters. The molecule has 0 saturated heterocycles. The van der Waals surface area contributed by atoms with E-state index in [4.69, 9.17) is 25.8 Å². The molecule has 3 aromatic rings. The zero-order chi connectivity index (χ0) is 25.0. The average Bonchev–Trinajstić information content (AvgIpc) is 2.87. The number of hydrazone groups is 1. The van der Waals surface area contributed by atoms with Gasteiger partial charge in [-0.05, 0) is 59.9 Å². The van der Waals surface area contributed by atoms with Crippen LogP contribution in [0.5, 0.6) is 17.2 Å². The second-order valence-corrected chi connectivity index (χ2v) is 8.21. The van der Waals surface area contributed by atoms with Crippen LogP contribution in [0.4, 0.5) is 10.5 Å². The first-order chi connectivity index (χ1) is 17.0. The Kier molecular flexibility index (Phi) is 9.80. The van der Waals surface area contributed by atoms with Crippen molar-refractivity contribution in [3.05, 3.63) is 82.9 Å². The molecule has 0 aliphatic rings. The zero-order valence-electron chi connectivity index (χ0n) is 20.1. The molecule has 2 N–H and O–H groups in total. The molecule has 0 bridgehead atoms. The summed E-state index contributed by atoms with van der Waals surface area (Å²) in [4.78, 5) is 11.9. The van der Waals surface area contributed by atoms with Crippen LogP contribution in [0, 0.1) is 0 Å². The van der Waals surface area contributed by atoms with Crippen LogP contribution < -0.4 is 25.0 Å². The minimum Gasteiger partial charge on any atom is -0.493 e. The van der Waals surface area contributed by atoms with Crippen molar-refractivity contribution in [1.82, 2.24) is 5.43 Å². The van der Waals surface area contributed by atoms with Crippen LogP contribution in [-0.2, 0) is 0 Å². The van der Waals surface area contributed by atoms with Crippen LogP contribution in [0.3, 0.4) is 0 Å². The van der Waals surface area contributed by atoms with Gasteiger partial charge in [0.15, 0.2) is 11.5 Å². The maximum atomic E-state index is 11.9. The quantitative estimate of drug-likeness (QED) is 0.181. The minimum atomic E-state index is -0.458. The van der Waals surface area contributed by atoms with Gasteiger partial charge in [-0.1, -0.05) is 55.8 Å². The van der Waals surface area contributed by atoms with E-state index >= 15 is 0 Å². The number of hydrogen-bond donors (Lipinski definition) is 2. The number of para-hydroxylation sites is 1. The Morgan fingerprint density at radius 3 is 2.46 bits per heavy atom. The van der Waals surface area contributed by atoms with E-state index in [9.17, 15) is 4.79 Å². The number of ether oxygens (including phenoxy) is 3. The molecule has 0 aliphatic heterocycles. The summed E-state index contributed by atoms with van der Waals surface area (Å²) in [7, 11) is 1.53. The van der Waals surface area contributed by atoms with Crippen LogP contribution in [-0.4, -0.2) is 32.6 Å². The van der Waals surface area contributed by atoms with Gasteiger partial charge in [0.1, 0.15) is 19.0 Å². The summed E-state index contributed by atoms with van der Waals surface area (Å²) in [6.45, 7) is 5.02. The Morgan fingerprint density at radius 2 is 1.77 bits per heavy atom. The van der Waals surface area contributed by atoms with Gasteiger partial charge in [0.25, 0.3) is 0 Å². The largest absolute Gasteiger partial charge is 0.493 e. The lowest BCUT2D eigenvalue weighted by molar-refractivity contribution is 0.211. The molecule has 0 heterocycles. The Balaban J connectivity index is 1.51. The second-order valence-electron chi connectivity index (χ2n) is 7.80. The standard InChI is InChI=1S/C27H30ClN3O4/c1-4-19(2)21-10-12-23(13-11-21)34-14-15-35-26-24(28)16-20(17-25(26)33-3)18-29-31-27(32)30-22-8-6-5-7-9-22/h5-13,16-19H,4,14-15H2,1-3H3,(H2,30,31,32)/b29-18-/t19-/m1/s1. The Hall–Kier alpha value is -3.71. The molecule has 0 spiro atoms. The van der Waals surface area contributed by atoms with Gasteiger partial charge >= 0.3 is 6.03 Å². The third-order valence-electron chi connectivity index (χ3n) is 5.32. The average molecular weight is 496 g/mol. The lowest BCUT2D eigenvalue weighted by Gasteiger charge is -2.14. The molecule has 7 nitrogen and oxygen atoms in total. The van der Waals surface area contributed by atoms with E-state index in [1.165, 1.54) is 18.9 Å². The molecule has 0 aromatic heterocycles. The lowest BCUT2D eigenvalue weighted by atomic mass is 9.99. The second kappa shape index (κ2) is 13.2. The lowest BCUT2D eigenvalue weighted by Crippen LogP contribution is -2.24. The summed E-state index contributed by atoms with van der Waals surface area (Å²) in [6, 6.07) is 20.1. The van der Waals surface area contributed by atoms with Gasteiger partial charge in [-0.15, -0.1) is 0 Å². The van der Waals surface area contributed by atoms with Crippen LogP contribution >= 0.6 is 11.6 Å². The minimum absolute atomic E-state index is 0.290. The molecule has 0 radical (unpaired) electrons. The van der Waals surface area contributed by atoms with Gasteiger partial charge < -0.3 is 19.5 Å². The molecular weight excluding hydrogens is 466 g/mol. The van der Waals surface area contributed by atoms with Crippen molar-refractivity contribution >= 4 is 29.5 Å². The van der Waals surface area contributed by atoms with E-state index in [-0.39, 0.29) is 6.61 Å². The van der Waals surface area contributed by atoms with Gasteiger partial charge in [-0.25, -0.2) is 10.2 Å². The molecule has 8 heteroatoms. The van der Waals surface area contributed by atoms with E-state index < -0.39 is 6.03 Å². The van der Waals surface area contributed by atoms with Crippen molar-refractivity contribution in [3.63, 3.8) is 0 Å². The molecule has 184 valence electrons. The molecule has 3 rings (SSSR count). The summed E-state index contributed by atoms with van der Waals surface area (Å²) in [6.07, 6.45) is 2.57. The SMILES string of the molecule is CC[C@@H](C)c1ccc(OCCOc2c(Cl)cc(/C=N\NC(=O)Nc3ccccc3)cc2OC)cc1. The van der Waals surface area contributed by atoms with Crippen molar-refractivity contribution in [2.75, 3.05) is 25.6 Å². The number of amides is 2. The first-order valence-corrected chi connectivity index (χ1v) is 11.8. The molecule has 35 heavy (non-hydrogen) atoms. The first-order valence-electron chi connectivity index (χ1n) is 11.4. The predicted molar refractivity (Wildman–Crippen MR) is 140 cm³/mol. The normalized spacial score (nSPS) is 11.7. The number of hydrogen-bond acceptors (Lipinski definition) is 5. The molecule has 0 aliphatic carbocycles. The number of nitrogens with one attached hydrogen (secondary N) is 2. The van der Waals surface area contributed by atoms with E-state index in [0.717, 1.165) is 12.2 Å². The Labute approximate surface area is 211 Å². The molecule has 0 fully saturated rings. The highest BCUT2D eigenvalue weighted by molar-refractivity contribution is 6.32. The predicted octanol–water partition coefficient (Wildman–Crippen LogP) is 6.48. The van der Waals surface area contributed by atoms with Crippen molar-refractivity contribution < 1.29 is 19.0 Å². The third-order valence-corrected chi connectivity index (χ3v) is 5.60. The highest BCUT2D eigenvalue weighted by Gasteiger charge is 2.12. The molecule has 0 unspecified atom stereocenters. The van der Waals surface area contributed by atoms with Crippen LogP contribution in [0.2, 0.25) is 5.02 Å². The summed E-state index contributed by atoms with van der Waals surface area (Å²) >= 11 is 6.41. The maximum absolute atomic E-state index is 11.9. The first kappa shape index (κ1) is 25.9. The number of carbonyl (C=O) groups is 1. The number of halogens is 1. The van der Waals surface area contributed by atoms with Gasteiger partial charge in [-0.3, -0.25) is 0 Å². The van der Waals surface area contributed by atoms with Crippen molar-refractivity contribution in [2.45, 2.75) is 26.2 Å². The number of rotatable bonds is 11. The smallest absolute Gasteiger partial charge is 0.339 e. The van der Waals surface area contributed by atoms with Gasteiger partial charge in [-0.2, -0.15) is 5.10 Å². The van der Waals surface area contributed by atoms with Gasteiger partial charge in [0.2, 0.25) is 0 Å². The summed E-state index contributed by atoms with van der Waals surface area (Å²) in [5.41, 5.74) is 5.01. The van der Waals surface area contributed by atoms with Crippen molar-refractivity contribution in [2.24, 2.45) is 5.10 Å². The third kappa shape index (κ3) is 7.93. The zero-order valence-corrected chi connectivity index (χ0v) is 20.8. The fourth-order valence-electron chi connectivity index (χ4n) is 3.23. The summed E-state index contributed by atoms with van der Waals surface area (Å²) in [5, 5.41) is 6.99. The van der Waals surface area contributed by atoms with Gasteiger partial charge in [0.05, 0.1) is 18.3 Å². The molecular formula is C27H30ClN3O4. The van der Waals surface area contributed by atoms with Gasteiger partial charge in [0, 0.05) is 5.69 Å². The van der Waals surface area contributed by atoms with Crippen LogP contribution in [0.15, 0.2) is 71.8 Å². The molecule has 3 aromatic carbocycles. The number of benzene rings is 3. The number of carbonyl (C=O) groups excluding carboxylic acids is 1. The van der Waals surface area contributed by atoms with E-state index in [0.29, 0.717) is 40.3 Å². The van der Waals surface area contributed by atoms with E-state index in [1.807, 2.05) is 30.3 Å². The fourth-order valence-corrected chi connectivity index (χ4v) is 3.51. The van der Waals surface area contributed by atoms with E-state index in [1.54, 1.807) is 24.3 Å². The Morgan fingerprint density at radius 1 is 1.06 bits per heavy atom. The molecule has 2 amide bonds. The fraction of sp³-hybridized carbons (Fsp3) is 0.259. The number of urea groups is 1.